The summed E-state index contributed by atoms with van der Waals surface area (Å²) in [6.07, 6.45) is 3.55. The monoisotopic (exact) mass is 224 g/mol. The summed E-state index contributed by atoms with van der Waals surface area (Å²) < 4.78 is 11.6. The molecule has 3 N–H and O–H groups in total. The van der Waals surface area contributed by atoms with Crippen molar-refractivity contribution in [2.45, 2.75) is 37.5 Å². The molecule has 0 aromatic carbocycles. The summed E-state index contributed by atoms with van der Waals surface area (Å²) in [7, 11) is -0.296. The van der Waals surface area contributed by atoms with Gasteiger partial charge in [0.1, 0.15) is 0 Å². The Kier molecular flexibility index (Phi) is 2.28. The molecule has 88 valence electrons. The van der Waals surface area contributed by atoms with E-state index in [0.717, 1.165) is 12.8 Å². The second-order valence-corrected chi connectivity index (χ2v) is 5.37. The minimum atomic E-state index is -0.296. The summed E-state index contributed by atoms with van der Waals surface area (Å²) in [5.41, 5.74) is 6.18. The van der Waals surface area contributed by atoms with Gasteiger partial charge in [0, 0.05) is 11.5 Å². The van der Waals surface area contributed by atoms with Crippen molar-refractivity contribution in [1.29, 1.82) is 0 Å². The van der Waals surface area contributed by atoms with Crippen LogP contribution in [0.3, 0.4) is 0 Å². The van der Waals surface area contributed by atoms with Crippen LogP contribution in [0.2, 0.25) is 0 Å². The van der Waals surface area contributed by atoms with Crippen molar-refractivity contribution in [2.24, 2.45) is 17.6 Å². The van der Waals surface area contributed by atoms with Gasteiger partial charge in [-0.05, 0) is 25.7 Å². The second-order valence-electron chi connectivity index (χ2n) is 5.37. The largest absolute Gasteiger partial charge is 0.478 e. The molecule has 3 saturated carbocycles. The topological polar surface area (TPSA) is 73.6 Å². The van der Waals surface area contributed by atoms with Crippen LogP contribution in [0.15, 0.2) is 0 Å². The minimum absolute atomic E-state index is 0.0858. The van der Waals surface area contributed by atoms with Crippen LogP contribution in [0, 0.1) is 11.8 Å². The quantitative estimate of drug-likeness (QED) is 0.491. The highest BCUT2D eigenvalue weighted by Crippen LogP contribution is 2.55. The lowest BCUT2D eigenvalue weighted by molar-refractivity contribution is -0.109. The van der Waals surface area contributed by atoms with E-state index in [1.807, 2.05) is 0 Å². The van der Waals surface area contributed by atoms with Gasteiger partial charge in [0.05, 0.1) is 18.7 Å². The van der Waals surface area contributed by atoms with Gasteiger partial charge in [-0.25, -0.2) is 0 Å². The Bertz CT molecular complexity index is 312. The third kappa shape index (κ3) is 1.33. The van der Waals surface area contributed by atoms with Gasteiger partial charge in [0.2, 0.25) is 6.41 Å². The lowest BCUT2D eigenvalue weighted by Gasteiger charge is -2.59. The lowest BCUT2D eigenvalue weighted by Crippen LogP contribution is -2.69. The van der Waals surface area contributed by atoms with Gasteiger partial charge in [-0.15, -0.1) is 0 Å². The van der Waals surface area contributed by atoms with E-state index in [0.29, 0.717) is 24.7 Å². The Labute approximate surface area is 95.2 Å². The minimum Gasteiger partial charge on any atom is -0.405 e. The number of hydrogen-bond acceptors (Lipinski definition) is 4. The molecule has 1 aliphatic heterocycles. The summed E-state index contributed by atoms with van der Waals surface area (Å²) in [5, 5.41) is 2.59. The van der Waals surface area contributed by atoms with Crippen LogP contribution >= 0.6 is 0 Å². The molecule has 0 aromatic heterocycles. The van der Waals surface area contributed by atoms with Crippen molar-refractivity contribution in [2.75, 3.05) is 6.44 Å². The molecule has 4 fully saturated rings. The van der Waals surface area contributed by atoms with E-state index >= 15 is 0 Å². The summed E-state index contributed by atoms with van der Waals surface area (Å²) in [4.78, 5) is 10.2. The van der Waals surface area contributed by atoms with Crippen LogP contribution in [0.1, 0.15) is 19.8 Å². The van der Waals surface area contributed by atoms with E-state index in [1.54, 1.807) is 0 Å². The fourth-order valence-electron chi connectivity index (χ4n) is 3.43. The first kappa shape index (κ1) is 10.6. The zero-order valence-corrected chi connectivity index (χ0v) is 9.39. The SMILES string of the molecule is CC1(N)C2CC3OB(CNC=O)OC3C1C2. The first-order valence-electron chi connectivity index (χ1n) is 5.89. The van der Waals surface area contributed by atoms with Gasteiger partial charge < -0.3 is 20.4 Å². The van der Waals surface area contributed by atoms with Gasteiger partial charge in [0.25, 0.3) is 0 Å². The van der Waals surface area contributed by atoms with E-state index < -0.39 is 0 Å². The zero-order chi connectivity index (χ0) is 11.3. The van der Waals surface area contributed by atoms with Gasteiger partial charge in [-0.2, -0.15) is 0 Å². The average Bonchev–Trinajstić information content (AvgIpc) is 2.67. The molecule has 5 atom stereocenters. The predicted molar refractivity (Wildman–Crippen MR) is 58.4 cm³/mol. The van der Waals surface area contributed by atoms with E-state index in [-0.39, 0.29) is 24.9 Å². The van der Waals surface area contributed by atoms with Crippen LogP contribution < -0.4 is 11.1 Å². The van der Waals surface area contributed by atoms with Crippen LogP contribution in [-0.4, -0.2) is 37.7 Å². The van der Waals surface area contributed by atoms with E-state index in [2.05, 4.69) is 12.2 Å². The number of carbonyl (C=O) groups excluding carboxylic acids is 1. The molecule has 6 heteroatoms. The molecule has 5 unspecified atom stereocenters. The fourth-order valence-corrected chi connectivity index (χ4v) is 3.43. The first-order valence-corrected chi connectivity index (χ1v) is 5.89. The lowest BCUT2D eigenvalue weighted by atomic mass is 9.51. The average molecular weight is 224 g/mol. The molecule has 5 nitrogen and oxygen atoms in total. The predicted octanol–water partition coefficient (Wildman–Crippen LogP) is -0.699. The molecule has 0 radical (unpaired) electrons. The van der Waals surface area contributed by atoms with E-state index in [1.165, 1.54) is 0 Å². The number of nitrogens with one attached hydrogen (secondary N) is 1. The molecular formula is C10H17BN2O3. The Hall–Kier alpha value is -0.585. The maximum Gasteiger partial charge on any atom is 0.478 e. The molecule has 1 saturated heterocycles. The summed E-state index contributed by atoms with van der Waals surface area (Å²) in [6, 6.07) is 0. The maximum absolute atomic E-state index is 10.2. The number of nitrogens with two attached hydrogens (primary N) is 1. The van der Waals surface area contributed by atoms with Crippen molar-refractivity contribution >= 4 is 13.5 Å². The standard InChI is InChI=1S/C10H17BN2O3/c1-10(12)6-2-7(10)9-8(3-6)15-11(16-9)4-13-5-14/h5-9H,2-4,12H2,1H3,(H,13,14). The van der Waals surface area contributed by atoms with E-state index in [4.69, 9.17) is 15.0 Å². The van der Waals surface area contributed by atoms with Crippen LogP contribution in [-0.2, 0) is 14.1 Å². The number of carbonyl (C=O) groups is 1. The van der Waals surface area contributed by atoms with Crippen LogP contribution in [0.25, 0.3) is 0 Å². The third-order valence-electron chi connectivity index (χ3n) is 4.50. The van der Waals surface area contributed by atoms with Crippen molar-refractivity contribution in [3.63, 3.8) is 0 Å². The Morgan fingerprint density at radius 1 is 1.56 bits per heavy atom. The molecule has 3 aliphatic carbocycles. The molecule has 1 amide bonds. The summed E-state index contributed by atoms with van der Waals surface area (Å²) >= 11 is 0. The van der Waals surface area contributed by atoms with Gasteiger partial charge in [0.15, 0.2) is 0 Å². The molecule has 2 bridgehead atoms. The van der Waals surface area contributed by atoms with Crippen LogP contribution in [0.4, 0.5) is 0 Å². The summed E-state index contributed by atoms with van der Waals surface area (Å²) in [5.74, 6) is 0.984. The number of rotatable bonds is 3. The Morgan fingerprint density at radius 2 is 2.38 bits per heavy atom. The van der Waals surface area contributed by atoms with Crippen molar-refractivity contribution < 1.29 is 14.1 Å². The summed E-state index contributed by atoms with van der Waals surface area (Å²) in [6.45, 7) is 2.11. The molecule has 4 aliphatic rings. The third-order valence-corrected chi connectivity index (χ3v) is 4.50. The zero-order valence-electron chi connectivity index (χ0n) is 9.39. The molecule has 4 rings (SSSR count). The molecule has 16 heavy (non-hydrogen) atoms. The van der Waals surface area contributed by atoms with Crippen molar-refractivity contribution in [1.82, 2.24) is 5.32 Å². The smallest absolute Gasteiger partial charge is 0.405 e. The molecule has 0 aromatic rings. The second kappa shape index (κ2) is 3.45. The number of amides is 1. The molecule has 1 heterocycles. The first-order chi connectivity index (χ1) is 7.63. The van der Waals surface area contributed by atoms with Crippen LogP contribution in [0.5, 0.6) is 0 Å². The Morgan fingerprint density at radius 3 is 3.06 bits per heavy atom. The maximum atomic E-state index is 10.2. The highest BCUT2D eigenvalue weighted by molar-refractivity contribution is 6.45. The van der Waals surface area contributed by atoms with Crippen molar-refractivity contribution in [3.8, 4) is 0 Å². The molecule has 0 spiro atoms. The highest BCUT2D eigenvalue weighted by atomic mass is 16.7. The Balaban J connectivity index is 1.66. The van der Waals surface area contributed by atoms with Gasteiger partial charge in [-0.1, -0.05) is 0 Å². The van der Waals surface area contributed by atoms with E-state index in [9.17, 15) is 4.79 Å². The number of hydrogen-bond donors (Lipinski definition) is 2. The van der Waals surface area contributed by atoms with Crippen molar-refractivity contribution in [3.05, 3.63) is 0 Å². The van der Waals surface area contributed by atoms with Gasteiger partial charge in [-0.3, -0.25) is 4.79 Å². The fraction of sp³-hybridized carbons (Fsp3) is 0.900. The van der Waals surface area contributed by atoms with Gasteiger partial charge >= 0.3 is 7.12 Å². The highest BCUT2D eigenvalue weighted by Gasteiger charge is 2.62. The normalized spacial score (nSPS) is 49.5. The molecular weight excluding hydrogens is 207 g/mol.